The molecule has 7 atom stereocenters. The third-order valence-corrected chi connectivity index (χ3v) is 8.98. The molecule has 3 N–H and O–H groups in total. The molecule has 0 aromatic rings. The standard InChI is InChI=1S/C23H34O5/c1-20(2,27)19(26)23(28)10-8-16-15-6-5-13-11-14(24)7-9-21(13,3)18(15)17(25)12-22(16,23)4/h11,15-18,25,27-28H,5-10,12H2,1-4H3/t15-,16-,17-,18+,21-,22-,23-/m0/s1. The molecule has 3 saturated carbocycles. The quantitative estimate of drug-likeness (QED) is 0.674. The molecule has 0 bridgehead atoms. The summed E-state index contributed by atoms with van der Waals surface area (Å²) in [6, 6.07) is 0. The van der Waals surface area contributed by atoms with Crippen LogP contribution in [0.5, 0.6) is 0 Å². The normalized spacial score (nSPS) is 48.4. The summed E-state index contributed by atoms with van der Waals surface area (Å²) < 4.78 is 0. The van der Waals surface area contributed by atoms with Crippen LogP contribution in [0.4, 0.5) is 0 Å². The first-order valence-electron chi connectivity index (χ1n) is 10.8. The first-order chi connectivity index (χ1) is 12.8. The van der Waals surface area contributed by atoms with Crippen LogP contribution >= 0.6 is 0 Å². The zero-order chi connectivity index (χ0) is 20.7. The topological polar surface area (TPSA) is 94.8 Å². The number of rotatable bonds is 2. The van der Waals surface area contributed by atoms with Gasteiger partial charge in [-0.3, -0.25) is 9.59 Å². The van der Waals surface area contributed by atoms with Gasteiger partial charge in [0.2, 0.25) is 0 Å². The highest BCUT2D eigenvalue weighted by Gasteiger charge is 2.69. The molecule has 0 aromatic heterocycles. The molecule has 0 aromatic carbocycles. The smallest absolute Gasteiger partial charge is 0.195 e. The molecule has 4 aliphatic rings. The molecule has 5 nitrogen and oxygen atoms in total. The van der Waals surface area contributed by atoms with E-state index in [0.717, 1.165) is 25.7 Å². The maximum absolute atomic E-state index is 13.0. The predicted octanol–water partition coefficient (Wildman–Crippen LogP) is 2.56. The second-order valence-corrected chi connectivity index (χ2v) is 10.9. The maximum atomic E-state index is 13.0. The number of aliphatic hydroxyl groups is 3. The largest absolute Gasteiger partial charge is 0.393 e. The fourth-order valence-electron chi connectivity index (χ4n) is 7.57. The Balaban J connectivity index is 1.73. The number of allylic oxidation sites excluding steroid dienone is 1. The summed E-state index contributed by atoms with van der Waals surface area (Å²) in [5, 5.41) is 33.1. The first-order valence-corrected chi connectivity index (χ1v) is 10.8. The van der Waals surface area contributed by atoms with E-state index >= 15 is 0 Å². The van der Waals surface area contributed by atoms with Crippen molar-refractivity contribution in [1.29, 1.82) is 0 Å². The molecular formula is C23H34O5. The lowest BCUT2D eigenvalue weighted by atomic mass is 9.45. The summed E-state index contributed by atoms with van der Waals surface area (Å²) in [5.74, 6) is 0.0628. The number of carbonyl (C=O) groups excluding carboxylic acids is 2. The van der Waals surface area contributed by atoms with Crippen LogP contribution in [-0.2, 0) is 9.59 Å². The predicted molar refractivity (Wildman–Crippen MR) is 104 cm³/mol. The molecular weight excluding hydrogens is 356 g/mol. The number of ketones is 2. The molecule has 0 spiro atoms. The molecule has 0 radical (unpaired) electrons. The monoisotopic (exact) mass is 390 g/mol. The molecule has 4 aliphatic carbocycles. The summed E-state index contributed by atoms with van der Waals surface area (Å²) in [4.78, 5) is 25.0. The van der Waals surface area contributed by atoms with E-state index in [4.69, 9.17) is 0 Å². The average molecular weight is 391 g/mol. The van der Waals surface area contributed by atoms with Gasteiger partial charge >= 0.3 is 0 Å². The van der Waals surface area contributed by atoms with Crippen LogP contribution in [-0.4, -0.2) is 44.2 Å². The van der Waals surface area contributed by atoms with Gasteiger partial charge in [0.05, 0.1) is 6.10 Å². The minimum Gasteiger partial charge on any atom is -0.393 e. The molecule has 0 aliphatic heterocycles. The first kappa shape index (κ1) is 20.2. The van der Waals surface area contributed by atoms with Gasteiger partial charge in [0.15, 0.2) is 11.6 Å². The van der Waals surface area contributed by atoms with Crippen LogP contribution < -0.4 is 0 Å². The zero-order valence-electron chi connectivity index (χ0n) is 17.5. The van der Waals surface area contributed by atoms with E-state index in [1.807, 2.05) is 13.0 Å². The Hall–Kier alpha value is -1.04. The lowest BCUT2D eigenvalue weighted by Crippen LogP contribution is -2.64. The second-order valence-electron chi connectivity index (χ2n) is 10.9. The Morgan fingerprint density at radius 3 is 2.50 bits per heavy atom. The number of hydrogen-bond donors (Lipinski definition) is 3. The highest BCUT2D eigenvalue weighted by Crippen LogP contribution is 2.67. The van der Waals surface area contributed by atoms with E-state index in [2.05, 4.69) is 6.92 Å². The summed E-state index contributed by atoms with van der Waals surface area (Å²) in [6.07, 6.45) is 5.63. The lowest BCUT2D eigenvalue weighted by Gasteiger charge is -2.60. The zero-order valence-corrected chi connectivity index (χ0v) is 17.5. The number of carbonyl (C=O) groups is 2. The van der Waals surface area contributed by atoms with Crippen molar-refractivity contribution in [3.05, 3.63) is 11.6 Å². The Bertz CT molecular complexity index is 749. The highest BCUT2D eigenvalue weighted by atomic mass is 16.3. The third-order valence-electron chi connectivity index (χ3n) is 8.98. The second kappa shape index (κ2) is 5.99. The summed E-state index contributed by atoms with van der Waals surface area (Å²) >= 11 is 0. The summed E-state index contributed by atoms with van der Waals surface area (Å²) in [7, 11) is 0. The minimum absolute atomic E-state index is 0.0539. The van der Waals surface area contributed by atoms with Gasteiger partial charge in [-0.05, 0) is 81.6 Å². The minimum atomic E-state index is -1.61. The Kier molecular flexibility index (Phi) is 4.33. The van der Waals surface area contributed by atoms with Crippen molar-refractivity contribution in [1.82, 2.24) is 0 Å². The van der Waals surface area contributed by atoms with Crippen LogP contribution in [0.3, 0.4) is 0 Å². The van der Waals surface area contributed by atoms with Gasteiger partial charge in [-0.25, -0.2) is 0 Å². The van der Waals surface area contributed by atoms with Crippen LogP contribution in [0.15, 0.2) is 11.6 Å². The van der Waals surface area contributed by atoms with E-state index in [0.29, 0.717) is 19.3 Å². The van der Waals surface area contributed by atoms with Crippen LogP contribution in [0, 0.1) is 28.6 Å². The molecule has 156 valence electrons. The van der Waals surface area contributed by atoms with Crippen LogP contribution in [0.1, 0.15) is 72.6 Å². The van der Waals surface area contributed by atoms with Crippen LogP contribution in [0.2, 0.25) is 0 Å². The molecule has 0 saturated heterocycles. The van der Waals surface area contributed by atoms with Gasteiger partial charge in [0.1, 0.15) is 11.2 Å². The van der Waals surface area contributed by atoms with E-state index in [-0.39, 0.29) is 29.0 Å². The molecule has 3 fully saturated rings. The van der Waals surface area contributed by atoms with Gasteiger partial charge in [0, 0.05) is 11.8 Å². The van der Waals surface area contributed by atoms with Gasteiger partial charge in [0.25, 0.3) is 0 Å². The number of hydrogen-bond acceptors (Lipinski definition) is 5. The SMILES string of the molecule is CC(C)(O)C(=O)[C@@]1(O)CC[C@H]2[C@@H]3CCC4=CC(=O)CC[C@]4(C)[C@H]3[C@@H](O)C[C@@]21C. The van der Waals surface area contributed by atoms with E-state index < -0.39 is 28.5 Å². The molecule has 0 heterocycles. The van der Waals surface area contributed by atoms with Gasteiger partial charge in [-0.1, -0.05) is 19.4 Å². The molecule has 0 amide bonds. The Morgan fingerprint density at radius 1 is 1.18 bits per heavy atom. The summed E-state index contributed by atoms with van der Waals surface area (Å²) in [6.45, 7) is 7.00. The van der Waals surface area contributed by atoms with E-state index in [1.165, 1.54) is 19.4 Å². The average Bonchev–Trinajstić information content (AvgIpc) is 2.85. The van der Waals surface area contributed by atoms with E-state index in [1.54, 1.807) is 0 Å². The van der Waals surface area contributed by atoms with Gasteiger partial charge < -0.3 is 15.3 Å². The molecule has 28 heavy (non-hydrogen) atoms. The number of Topliss-reactive ketones (excluding diaryl/α,β-unsaturated/α-hetero) is 1. The Labute approximate surface area is 167 Å². The number of aliphatic hydroxyl groups excluding tert-OH is 1. The van der Waals surface area contributed by atoms with Crippen molar-refractivity contribution in [3.63, 3.8) is 0 Å². The molecule has 0 unspecified atom stereocenters. The Morgan fingerprint density at radius 2 is 1.86 bits per heavy atom. The van der Waals surface area contributed by atoms with E-state index in [9.17, 15) is 24.9 Å². The fraction of sp³-hybridized carbons (Fsp3) is 0.826. The highest BCUT2D eigenvalue weighted by molar-refractivity contribution is 5.95. The fourth-order valence-corrected chi connectivity index (χ4v) is 7.57. The van der Waals surface area contributed by atoms with Gasteiger partial charge in [-0.15, -0.1) is 0 Å². The van der Waals surface area contributed by atoms with Crippen molar-refractivity contribution < 1.29 is 24.9 Å². The van der Waals surface area contributed by atoms with Crippen LogP contribution in [0.25, 0.3) is 0 Å². The van der Waals surface area contributed by atoms with Crippen molar-refractivity contribution in [2.75, 3.05) is 0 Å². The van der Waals surface area contributed by atoms with Gasteiger partial charge in [-0.2, -0.15) is 0 Å². The lowest BCUT2D eigenvalue weighted by molar-refractivity contribution is -0.190. The van der Waals surface area contributed by atoms with Crippen molar-refractivity contribution in [2.45, 2.75) is 89.9 Å². The van der Waals surface area contributed by atoms with Crippen molar-refractivity contribution >= 4 is 11.6 Å². The molecule has 5 heteroatoms. The maximum Gasteiger partial charge on any atom is 0.195 e. The summed E-state index contributed by atoms with van der Waals surface area (Å²) in [5.41, 5.74) is -2.97. The van der Waals surface area contributed by atoms with Crippen molar-refractivity contribution in [2.24, 2.45) is 28.6 Å². The number of fused-ring (bicyclic) bond motifs is 5. The molecule has 4 rings (SSSR count). The third kappa shape index (κ3) is 2.48. The van der Waals surface area contributed by atoms with Crippen molar-refractivity contribution in [3.8, 4) is 0 Å².